The summed E-state index contributed by atoms with van der Waals surface area (Å²) in [5.41, 5.74) is 4.33. The molecule has 5 heteroatoms. The number of rotatable bonds is 7. The van der Waals surface area contributed by atoms with Crippen molar-refractivity contribution in [2.24, 2.45) is 0 Å². The molecule has 134 valence electrons. The van der Waals surface area contributed by atoms with Crippen LogP contribution in [0.4, 0.5) is 0 Å². The standard InChI is InChI=1S/C21H23N3O2/c1-16-4-5-17(2)20(14-16)26-15-21(25)22-12-10-18-6-8-19(9-7-18)24-13-3-11-23-24/h3-9,11,13-14H,10,12,15H2,1-2H3,(H,22,25). The molecule has 3 aromatic rings. The summed E-state index contributed by atoms with van der Waals surface area (Å²) in [6.07, 6.45) is 4.43. The van der Waals surface area contributed by atoms with Gasteiger partial charge in [0.05, 0.1) is 5.69 Å². The average Bonchev–Trinajstić information content (AvgIpc) is 3.18. The van der Waals surface area contributed by atoms with Crippen molar-refractivity contribution in [3.05, 3.63) is 77.6 Å². The second-order valence-electron chi connectivity index (χ2n) is 6.27. The quantitative estimate of drug-likeness (QED) is 0.712. The van der Waals surface area contributed by atoms with Crippen molar-refractivity contribution in [3.63, 3.8) is 0 Å². The molecule has 0 aliphatic rings. The van der Waals surface area contributed by atoms with E-state index in [1.807, 2.05) is 61.1 Å². The Morgan fingerprint density at radius 3 is 2.69 bits per heavy atom. The second-order valence-corrected chi connectivity index (χ2v) is 6.27. The zero-order valence-electron chi connectivity index (χ0n) is 15.1. The fraction of sp³-hybridized carbons (Fsp3) is 0.238. The molecule has 0 saturated heterocycles. The molecule has 0 aliphatic carbocycles. The summed E-state index contributed by atoms with van der Waals surface area (Å²) in [7, 11) is 0. The van der Waals surface area contributed by atoms with E-state index >= 15 is 0 Å². The molecule has 0 aliphatic heterocycles. The Bertz CT molecular complexity index is 855. The van der Waals surface area contributed by atoms with E-state index in [4.69, 9.17) is 4.74 Å². The van der Waals surface area contributed by atoms with E-state index in [1.165, 1.54) is 0 Å². The number of benzene rings is 2. The van der Waals surface area contributed by atoms with Gasteiger partial charge in [-0.15, -0.1) is 0 Å². The van der Waals surface area contributed by atoms with Crippen LogP contribution in [0.1, 0.15) is 16.7 Å². The summed E-state index contributed by atoms with van der Waals surface area (Å²) in [6, 6.07) is 16.0. The van der Waals surface area contributed by atoms with Crippen LogP contribution < -0.4 is 10.1 Å². The normalized spacial score (nSPS) is 10.5. The SMILES string of the molecule is Cc1ccc(C)c(OCC(=O)NCCc2ccc(-n3cccn3)cc2)c1. The van der Waals surface area contributed by atoms with Gasteiger partial charge in [0.25, 0.3) is 5.91 Å². The maximum Gasteiger partial charge on any atom is 0.257 e. The predicted octanol–water partition coefficient (Wildman–Crippen LogP) is 3.23. The van der Waals surface area contributed by atoms with Crippen LogP contribution in [0.5, 0.6) is 5.75 Å². The highest BCUT2D eigenvalue weighted by atomic mass is 16.5. The van der Waals surface area contributed by atoms with Crippen molar-refractivity contribution in [1.82, 2.24) is 15.1 Å². The topological polar surface area (TPSA) is 56.1 Å². The molecule has 1 aromatic heterocycles. The Kier molecular flexibility index (Phi) is 5.69. The molecule has 0 radical (unpaired) electrons. The van der Waals surface area contributed by atoms with Crippen molar-refractivity contribution in [3.8, 4) is 11.4 Å². The Morgan fingerprint density at radius 1 is 1.15 bits per heavy atom. The van der Waals surface area contributed by atoms with E-state index in [9.17, 15) is 4.79 Å². The lowest BCUT2D eigenvalue weighted by atomic mass is 10.1. The monoisotopic (exact) mass is 349 g/mol. The van der Waals surface area contributed by atoms with Crippen LogP contribution in [-0.2, 0) is 11.2 Å². The predicted molar refractivity (Wildman–Crippen MR) is 102 cm³/mol. The van der Waals surface area contributed by atoms with Gasteiger partial charge in [0, 0.05) is 18.9 Å². The molecule has 1 heterocycles. The third-order valence-electron chi connectivity index (χ3n) is 4.14. The van der Waals surface area contributed by atoms with Gasteiger partial charge in [-0.3, -0.25) is 4.79 Å². The van der Waals surface area contributed by atoms with Gasteiger partial charge in [0.2, 0.25) is 0 Å². The Morgan fingerprint density at radius 2 is 1.96 bits per heavy atom. The number of carbonyl (C=O) groups excluding carboxylic acids is 1. The van der Waals surface area contributed by atoms with Gasteiger partial charge < -0.3 is 10.1 Å². The molecule has 1 N–H and O–H groups in total. The Labute approximate surface area is 153 Å². The molecular formula is C21H23N3O2. The average molecular weight is 349 g/mol. The van der Waals surface area contributed by atoms with Crippen molar-refractivity contribution in [1.29, 1.82) is 0 Å². The molecule has 3 rings (SSSR count). The highest BCUT2D eigenvalue weighted by molar-refractivity contribution is 5.77. The lowest BCUT2D eigenvalue weighted by Crippen LogP contribution is -2.30. The maximum absolute atomic E-state index is 12.0. The number of aryl methyl sites for hydroxylation is 2. The largest absolute Gasteiger partial charge is 0.483 e. The van der Waals surface area contributed by atoms with E-state index in [2.05, 4.69) is 22.5 Å². The summed E-state index contributed by atoms with van der Waals surface area (Å²) in [5.74, 6) is 0.647. The minimum atomic E-state index is -0.112. The fourth-order valence-corrected chi connectivity index (χ4v) is 2.64. The van der Waals surface area contributed by atoms with Crippen LogP contribution >= 0.6 is 0 Å². The van der Waals surface area contributed by atoms with E-state index in [1.54, 1.807) is 6.20 Å². The van der Waals surface area contributed by atoms with Crippen LogP contribution in [-0.4, -0.2) is 28.8 Å². The minimum Gasteiger partial charge on any atom is -0.483 e. The highest BCUT2D eigenvalue weighted by Crippen LogP contribution is 2.18. The number of amides is 1. The number of aromatic nitrogens is 2. The first-order chi connectivity index (χ1) is 12.6. The number of nitrogens with zero attached hydrogens (tertiary/aromatic N) is 2. The minimum absolute atomic E-state index is 0.0303. The molecule has 26 heavy (non-hydrogen) atoms. The van der Waals surface area contributed by atoms with Crippen LogP contribution in [0.25, 0.3) is 5.69 Å². The Balaban J connectivity index is 1.43. The van der Waals surface area contributed by atoms with E-state index in [0.29, 0.717) is 6.54 Å². The second kappa shape index (κ2) is 8.34. The first-order valence-corrected chi connectivity index (χ1v) is 8.67. The zero-order chi connectivity index (χ0) is 18.4. The summed E-state index contributed by atoms with van der Waals surface area (Å²) < 4.78 is 7.43. The van der Waals surface area contributed by atoms with Crippen molar-refractivity contribution in [2.45, 2.75) is 20.3 Å². The molecule has 0 unspecified atom stereocenters. The molecule has 0 atom stereocenters. The van der Waals surface area contributed by atoms with Gasteiger partial charge in [0.15, 0.2) is 6.61 Å². The van der Waals surface area contributed by atoms with Crippen molar-refractivity contribution >= 4 is 5.91 Å². The number of carbonyl (C=O) groups is 1. The molecule has 2 aromatic carbocycles. The lowest BCUT2D eigenvalue weighted by Gasteiger charge is -2.10. The van der Waals surface area contributed by atoms with Gasteiger partial charge in [-0.1, -0.05) is 24.3 Å². The number of ether oxygens (including phenoxy) is 1. The maximum atomic E-state index is 12.0. The highest BCUT2D eigenvalue weighted by Gasteiger charge is 2.05. The van der Waals surface area contributed by atoms with Gasteiger partial charge in [-0.05, 0) is 61.2 Å². The van der Waals surface area contributed by atoms with E-state index < -0.39 is 0 Å². The van der Waals surface area contributed by atoms with Crippen molar-refractivity contribution in [2.75, 3.05) is 13.2 Å². The molecule has 1 amide bonds. The third kappa shape index (κ3) is 4.72. The van der Waals surface area contributed by atoms with Crippen LogP contribution in [0.3, 0.4) is 0 Å². The molecule has 0 fully saturated rings. The number of hydrogen-bond acceptors (Lipinski definition) is 3. The lowest BCUT2D eigenvalue weighted by molar-refractivity contribution is -0.123. The zero-order valence-corrected chi connectivity index (χ0v) is 15.1. The van der Waals surface area contributed by atoms with Gasteiger partial charge in [-0.25, -0.2) is 4.68 Å². The summed E-state index contributed by atoms with van der Waals surface area (Å²) in [4.78, 5) is 12.0. The van der Waals surface area contributed by atoms with Gasteiger partial charge >= 0.3 is 0 Å². The van der Waals surface area contributed by atoms with Crippen molar-refractivity contribution < 1.29 is 9.53 Å². The van der Waals surface area contributed by atoms with Gasteiger partial charge in [-0.2, -0.15) is 5.10 Å². The third-order valence-corrected chi connectivity index (χ3v) is 4.14. The molecular weight excluding hydrogens is 326 g/mol. The first-order valence-electron chi connectivity index (χ1n) is 8.67. The molecule has 5 nitrogen and oxygen atoms in total. The van der Waals surface area contributed by atoms with Crippen LogP contribution in [0.15, 0.2) is 60.9 Å². The summed E-state index contributed by atoms with van der Waals surface area (Å²) >= 11 is 0. The first kappa shape index (κ1) is 17.7. The van der Waals surface area contributed by atoms with Crippen LogP contribution in [0.2, 0.25) is 0 Å². The summed E-state index contributed by atoms with van der Waals surface area (Å²) in [6.45, 7) is 4.59. The molecule has 0 saturated carbocycles. The van der Waals surface area contributed by atoms with E-state index in [-0.39, 0.29) is 12.5 Å². The smallest absolute Gasteiger partial charge is 0.257 e. The Hall–Kier alpha value is -3.08. The molecule has 0 bridgehead atoms. The van der Waals surface area contributed by atoms with Gasteiger partial charge in [0.1, 0.15) is 5.75 Å². The molecule has 0 spiro atoms. The van der Waals surface area contributed by atoms with E-state index in [0.717, 1.165) is 34.5 Å². The summed E-state index contributed by atoms with van der Waals surface area (Å²) in [5, 5.41) is 7.10. The van der Waals surface area contributed by atoms with Crippen LogP contribution in [0, 0.1) is 13.8 Å². The fourth-order valence-electron chi connectivity index (χ4n) is 2.64. The number of hydrogen-bond donors (Lipinski definition) is 1. The number of nitrogens with one attached hydrogen (secondary N) is 1.